The van der Waals surface area contributed by atoms with Crippen molar-refractivity contribution in [3.8, 4) is 39.4 Å². The van der Waals surface area contributed by atoms with Gasteiger partial charge in [-0.25, -0.2) is 0 Å². The Bertz CT molecular complexity index is 2040. The Morgan fingerprint density at radius 2 is 1.17 bits per heavy atom. The van der Waals surface area contributed by atoms with Crippen LogP contribution in [0.25, 0.3) is 33.6 Å². The number of aliphatic carboxylic acids is 1. The van der Waals surface area contributed by atoms with Crippen LogP contribution in [0.4, 0.5) is 0 Å². The summed E-state index contributed by atoms with van der Waals surface area (Å²) in [6.45, 7) is 0.260. The number of carboxylic acids is 1. The molecule has 0 aliphatic carbocycles. The molecular formula is C30H31N2O12S3+. The number of nitrogens with zero attached hydrogens (tertiary/aromatic N) is 1. The van der Waals surface area contributed by atoms with Gasteiger partial charge in [-0.2, -0.15) is 29.8 Å². The van der Waals surface area contributed by atoms with Crippen molar-refractivity contribution in [1.82, 2.24) is 0 Å². The number of pyridine rings is 1. The van der Waals surface area contributed by atoms with Gasteiger partial charge in [0.05, 0.1) is 16.9 Å². The molecule has 17 heteroatoms. The lowest BCUT2D eigenvalue weighted by atomic mass is 9.98. The molecule has 3 aromatic carbocycles. The van der Waals surface area contributed by atoms with Crippen LogP contribution in [0, 0.1) is 0 Å². The molecule has 6 N–H and O–H groups in total. The molecule has 0 saturated carbocycles. The van der Waals surface area contributed by atoms with Crippen molar-refractivity contribution in [2.45, 2.75) is 46.5 Å². The molecule has 1 unspecified atom stereocenters. The summed E-state index contributed by atoms with van der Waals surface area (Å²) < 4.78 is 107. The van der Waals surface area contributed by atoms with E-state index in [4.69, 9.17) is 10.5 Å². The Kier molecular flexibility index (Phi) is 10.5. The van der Waals surface area contributed by atoms with Crippen molar-refractivity contribution in [2.75, 3.05) is 7.11 Å². The van der Waals surface area contributed by atoms with Crippen LogP contribution in [0.2, 0.25) is 0 Å². The Morgan fingerprint density at radius 3 is 1.57 bits per heavy atom. The van der Waals surface area contributed by atoms with Crippen molar-refractivity contribution in [1.29, 1.82) is 0 Å². The SMILES string of the molecule is COc1ccc(-c2cc(-c3ccc(S(=O)(=O)O)cc3)[n+](CCCCC(N)C(=O)O)c(-c3ccc(S(=O)(=O)O)cc3)c2)cc1S(=O)(=O)O. The van der Waals surface area contributed by atoms with Crippen molar-refractivity contribution in [3.63, 3.8) is 0 Å². The molecule has 47 heavy (non-hydrogen) atoms. The molecule has 0 fully saturated rings. The predicted molar refractivity (Wildman–Crippen MR) is 168 cm³/mol. The van der Waals surface area contributed by atoms with Crippen LogP contribution in [-0.2, 0) is 41.7 Å². The first-order valence-corrected chi connectivity index (χ1v) is 18.1. The van der Waals surface area contributed by atoms with Gasteiger partial charge < -0.3 is 15.6 Å². The van der Waals surface area contributed by atoms with Crippen LogP contribution < -0.4 is 15.0 Å². The molecule has 1 atom stereocenters. The van der Waals surface area contributed by atoms with Gasteiger partial charge in [-0.1, -0.05) is 6.07 Å². The summed E-state index contributed by atoms with van der Waals surface area (Å²) in [6, 6.07) is 16.9. The third-order valence-corrected chi connectivity index (χ3v) is 9.91. The van der Waals surface area contributed by atoms with Gasteiger partial charge in [-0.3, -0.25) is 18.5 Å². The van der Waals surface area contributed by atoms with Crippen molar-refractivity contribution in [3.05, 3.63) is 78.9 Å². The molecule has 0 spiro atoms. The number of carbonyl (C=O) groups is 1. The van der Waals surface area contributed by atoms with Gasteiger partial charge in [0.25, 0.3) is 30.4 Å². The minimum absolute atomic E-state index is 0.108. The van der Waals surface area contributed by atoms with Gasteiger partial charge in [0.2, 0.25) is 11.4 Å². The van der Waals surface area contributed by atoms with E-state index in [2.05, 4.69) is 0 Å². The lowest BCUT2D eigenvalue weighted by Gasteiger charge is -2.15. The van der Waals surface area contributed by atoms with Gasteiger partial charge in [0.1, 0.15) is 23.2 Å². The lowest BCUT2D eigenvalue weighted by Crippen LogP contribution is -2.39. The monoisotopic (exact) mass is 707 g/mol. The van der Waals surface area contributed by atoms with Crippen LogP contribution in [0.5, 0.6) is 5.75 Å². The molecular weight excluding hydrogens is 677 g/mol. The minimum atomic E-state index is -4.72. The summed E-state index contributed by atoms with van der Waals surface area (Å²) in [5.74, 6) is -1.26. The van der Waals surface area contributed by atoms with Gasteiger partial charge in [0, 0.05) is 29.7 Å². The molecule has 0 radical (unpaired) electrons. The molecule has 0 aliphatic heterocycles. The molecule has 250 valence electrons. The van der Waals surface area contributed by atoms with Gasteiger partial charge in [0.15, 0.2) is 0 Å². The highest BCUT2D eigenvalue weighted by Gasteiger charge is 2.26. The summed E-state index contributed by atoms with van der Waals surface area (Å²) in [6.07, 6.45) is 1.00. The zero-order chi connectivity index (χ0) is 34.7. The maximum Gasteiger partial charge on any atom is 0.320 e. The second kappa shape index (κ2) is 13.9. The number of nitrogens with two attached hydrogens (primary N) is 1. The standard InChI is InChI=1S/C30H30N2O12S3/c1-44-28-14-9-21(18-29(28)47(41,42)43)22-16-26(19-5-10-23(11-6-19)45(35,36)37)32(15-3-2-4-25(31)30(33)34)27(17-22)20-7-12-24(13-8-20)46(38,39)40/h5-14,16-18,25H,2-4,15,31H2,1H3,(H3-,33,34,35,36,37,38,39,40,41,42,43)/p+1. The topological polar surface area (TPSA) is 240 Å². The second-order valence-electron chi connectivity index (χ2n) is 10.4. The lowest BCUT2D eigenvalue weighted by molar-refractivity contribution is -0.675. The average Bonchev–Trinajstić information content (AvgIpc) is 3.01. The van der Waals surface area contributed by atoms with Gasteiger partial charge >= 0.3 is 5.97 Å². The maximum absolute atomic E-state index is 12.2. The number of benzene rings is 3. The molecule has 0 saturated heterocycles. The van der Waals surface area contributed by atoms with E-state index >= 15 is 0 Å². The van der Waals surface area contributed by atoms with Crippen LogP contribution in [0.15, 0.2) is 93.5 Å². The molecule has 0 amide bonds. The number of ether oxygens (including phenoxy) is 1. The average molecular weight is 708 g/mol. The summed E-state index contributed by atoms with van der Waals surface area (Å²) >= 11 is 0. The van der Waals surface area contributed by atoms with E-state index in [0.717, 1.165) is 0 Å². The summed E-state index contributed by atoms with van der Waals surface area (Å²) in [7, 11) is -12.5. The van der Waals surface area contributed by atoms with E-state index in [1.807, 2.05) is 4.57 Å². The third kappa shape index (κ3) is 8.58. The fourth-order valence-electron chi connectivity index (χ4n) is 4.92. The van der Waals surface area contributed by atoms with Crippen LogP contribution in [-0.4, -0.2) is 63.1 Å². The molecule has 0 aliphatic rings. The Morgan fingerprint density at radius 1 is 0.702 bits per heavy atom. The van der Waals surface area contributed by atoms with Crippen molar-refractivity contribution < 1.29 is 58.1 Å². The van der Waals surface area contributed by atoms with Crippen LogP contribution >= 0.6 is 0 Å². The highest BCUT2D eigenvalue weighted by molar-refractivity contribution is 7.86. The van der Waals surface area contributed by atoms with Crippen molar-refractivity contribution >= 4 is 36.3 Å². The zero-order valence-electron chi connectivity index (χ0n) is 24.7. The van der Waals surface area contributed by atoms with Crippen molar-refractivity contribution in [2.24, 2.45) is 5.73 Å². The van der Waals surface area contributed by atoms with Crippen LogP contribution in [0.3, 0.4) is 0 Å². The van der Waals surface area contributed by atoms with E-state index in [1.165, 1.54) is 67.8 Å². The number of methoxy groups -OCH3 is 1. The quantitative estimate of drug-likeness (QED) is 0.0762. The Balaban J connectivity index is 2.00. The minimum Gasteiger partial charge on any atom is -0.495 e. The number of carboxylic acid groups (broad SMARTS) is 1. The highest BCUT2D eigenvalue weighted by Crippen LogP contribution is 2.34. The van der Waals surface area contributed by atoms with E-state index in [-0.39, 0.29) is 28.5 Å². The first kappa shape index (κ1) is 35.6. The third-order valence-electron chi connectivity index (χ3n) is 7.30. The highest BCUT2D eigenvalue weighted by atomic mass is 32.2. The molecule has 0 bridgehead atoms. The first-order valence-electron chi connectivity index (χ1n) is 13.8. The molecule has 1 heterocycles. The van der Waals surface area contributed by atoms with Gasteiger partial charge in [-0.15, -0.1) is 0 Å². The number of hydrogen-bond acceptors (Lipinski definition) is 9. The fraction of sp³-hybridized carbons (Fsp3) is 0.200. The molecule has 1 aromatic heterocycles. The number of aromatic nitrogens is 1. The predicted octanol–water partition coefficient (Wildman–Crippen LogP) is 3.31. The molecule has 4 aromatic rings. The Labute approximate surface area is 271 Å². The number of hydrogen-bond donors (Lipinski definition) is 5. The number of unbranched alkanes of at least 4 members (excludes halogenated alkanes) is 1. The van der Waals surface area contributed by atoms with E-state index in [1.54, 1.807) is 18.2 Å². The Hall–Kier alpha value is -4.23. The van der Waals surface area contributed by atoms with E-state index < -0.39 is 47.3 Å². The smallest absolute Gasteiger partial charge is 0.320 e. The maximum atomic E-state index is 12.2. The first-order chi connectivity index (χ1) is 21.9. The fourth-order valence-corrected chi connectivity index (χ4v) is 6.56. The molecule has 4 rings (SSSR count). The second-order valence-corrected chi connectivity index (χ2v) is 14.7. The number of rotatable bonds is 13. The summed E-state index contributed by atoms with van der Waals surface area (Å²) in [4.78, 5) is 10.0. The summed E-state index contributed by atoms with van der Waals surface area (Å²) in [5.41, 5.74) is 8.26. The van der Waals surface area contributed by atoms with Crippen LogP contribution in [0.1, 0.15) is 19.3 Å². The summed E-state index contributed by atoms with van der Waals surface area (Å²) in [5, 5.41) is 9.17. The normalized spacial score (nSPS) is 12.9. The molecule has 14 nitrogen and oxygen atoms in total. The van der Waals surface area contributed by atoms with E-state index in [0.29, 0.717) is 46.5 Å². The zero-order valence-corrected chi connectivity index (χ0v) is 27.2. The van der Waals surface area contributed by atoms with Gasteiger partial charge in [-0.05, 0) is 84.6 Å². The largest absolute Gasteiger partial charge is 0.495 e. The van der Waals surface area contributed by atoms with E-state index in [9.17, 15) is 48.8 Å².